The minimum atomic E-state index is -1.14. The van der Waals surface area contributed by atoms with Gasteiger partial charge in [-0.3, -0.25) is 5.84 Å². The van der Waals surface area contributed by atoms with Gasteiger partial charge < -0.3 is 16.3 Å². The van der Waals surface area contributed by atoms with Gasteiger partial charge in [-0.2, -0.15) is 0 Å². The van der Waals surface area contributed by atoms with E-state index in [2.05, 4.69) is 0 Å². The van der Waals surface area contributed by atoms with Crippen molar-refractivity contribution in [3.8, 4) is 0 Å². The van der Waals surface area contributed by atoms with Crippen LogP contribution in [0.4, 0.5) is 0 Å². The standard InChI is InChI=1S/C6H13N3O2/c1-3(2)4(7)5(9-8)6(10)11/h3,9H,7-8H2,1-2H3,(H,10,11)/b5-4-. The molecule has 0 saturated carbocycles. The van der Waals surface area contributed by atoms with Gasteiger partial charge in [0.15, 0.2) is 5.70 Å². The summed E-state index contributed by atoms with van der Waals surface area (Å²) in [6.07, 6.45) is 0. The molecule has 0 amide bonds. The Hall–Kier alpha value is -1.23. The summed E-state index contributed by atoms with van der Waals surface area (Å²) in [5, 5.41) is 8.51. The minimum Gasteiger partial charge on any atom is -0.476 e. The molecule has 0 heterocycles. The first kappa shape index (κ1) is 9.77. The van der Waals surface area contributed by atoms with Gasteiger partial charge in [0.2, 0.25) is 0 Å². The summed E-state index contributed by atoms with van der Waals surface area (Å²) < 4.78 is 0. The van der Waals surface area contributed by atoms with Crippen molar-refractivity contribution in [3.05, 3.63) is 11.4 Å². The number of carboxylic acid groups (broad SMARTS) is 1. The summed E-state index contributed by atoms with van der Waals surface area (Å²) in [6.45, 7) is 3.57. The topological polar surface area (TPSA) is 101 Å². The molecule has 0 aliphatic rings. The average Bonchev–Trinajstić information content (AvgIpc) is 1.88. The Kier molecular flexibility index (Phi) is 3.39. The molecule has 0 bridgehead atoms. The minimum absolute atomic E-state index is 0.0304. The maximum atomic E-state index is 10.4. The Bertz CT molecular complexity index is 186. The maximum Gasteiger partial charge on any atom is 0.355 e. The summed E-state index contributed by atoms with van der Waals surface area (Å²) in [4.78, 5) is 10.4. The van der Waals surface area contributed by atoms with Crippen molar-refractivity contribution < 1.29 is 9.90 Å². The van der Waals surface area contributed by atoms with Crippen molar-refractivity contribution in [2.45, 2.75) is 13.8 Å². The van der Waals surface area contributed by atoms with Crippen LogP contribution in [0.15, 0.2) is 11.4 Å². The van der Waals surface area contributed by atoms with Gasteiger partial charge >= 0.3 is 5.97 Å². The first-order valence-electron chi connectivity index (χ1n) is 3.20. The largest absolute Gasteiger partial charge is 0.476 e. The Balaban J connectivity index is 4.68. The molecule has 0 aliphatic carbocycles. The van der Waals surface area contributed by atoms with Crippen molar-refractivity contribution in [1.29, 1.82) is 0 Å². The smallest absolute Gasteiger partial charge is 0.355 e. The van der Waals surface area contributed by atoms with Crippen molar-refractivity contribution in [1.82, 2.24) is 5.43 Å². The summed E-state index contributed by atoms with van der Waals surface area (Å²) >= 11 is 0. The number of hydrogen-bond acceptors (Lipinski definition) is 4. The number of carboxylic acids is 1. The number of nitrogens with two attached hydrogens (primary N) is 2. The highest BCUT2D eigenvalue weighted by Crippen LogP contribution is 2.05. The van der Waals surface area contributed by atoms with Crippen LogP contribution in [0.2, 0.25) is 0 Å². The van der Waals surface area contributed by atoms with Crippen LogP contribution in [0.25, 0.3) is 0 Å². The average molecular weight is 159 g/mol. The molecule has 0 aromatic carbocycles. The molecule has 0 spiro atoms. The van der Waals surface area contributed by atoms with E-state index >= 15 is 0 Å². The lowest BCUT2D eigenvalue weighted by Crippen LogP contribution is -2.31. The van der Waals surface area contributed by atoms with Gasteiger partial charge in [-0.05, 0) is 5.92 Å². The van der Waals surface area contributed by atoms with Crippen LogP contribution in [0.3, 0.4) is 0 Å². The highest BCUT2D eigenvalue weighted by Gasteiger charge is 2.12. The Morgan fingerprint density at radius 3 is 2.09 bits per heavy atom. The molecule has 0 aromatic heterocycles. The first-order valence-corrected chi connectivity index (χ1v) is 3.20. The lowest BCUT2D eigenvalue weighted by Gasteiger charge is -2.09. The van der Waals surface area contributed by atoms with Crippen LogP contribution in [0, 0.1) is 5.92 Å². The second-order valence-electron chi connectivity index (χ2n) is 2.43. The van der Waals surface area contributed by atoms with Crippen LogP contribution in [-0.2, 0) is 4.79 Å². The predicted octanol–water partition coefficient (Wildman–Crippen LogP) is -0.639. The number of aliphatic carboxylic acids is 1. The Labute approximate surface area is 65.0 Å². The molecule has 0 aliphatic heterocycles. The van der Waals surface area contributed by atoms with E-state index < -0.39 is 5.97 Å². The zero-order valence-electron chi connectivity index (χ0n) is 6.59. The van der Waals surface area contributed by atoms with Gasteiger partial charge in [0.05, 0.1) is 0 Å². The third-order valence-corrected chi connectivity index (χ3v) is 1.27. The van der Waals surface area contributed by atoms with Gasteiger partial charge in [0.25, 0.3) is 0 Å². The van der Waals surface area contributed by atoms with Crippen molar-refractivity contribution >= 4 is 5.97 Å². The molecule has 0 fully saturated rings. The summed E-state index contributed by atoms with van der Waals surface area (Å²) in [5.41, 5.74) is 7.58. The zero-order valence-corrected chi connectivity index (χ0v) is 6.59. The number of allylic oxidation sites excluding steroid dienone is 1. The van der Waals surface area contributed by atoms with Crippen LogP contribution >= 0.6 is 0 Å². The number of nitrogens with one attached hydrogen (secondary N) is 1. The molecular weight excluding hydrogens is 146 g/mol. The van der Waals surface area contributed by atoms with E-state index in [0.717, 1.165) is 0 Å². The fraction of sp³-hybridized carbons (Fsp3) is 0.500. The van der Waals surface area contributed by atoms with Gasteiger partial charge in [0.1, 0.15) is 0 Å². The van der Waals surface area contributed by atoms with Gasteiger partial charge in [-0.15, -0.1) is 0 Å². The molecule has 5 heteroatoms. The van der Waals surface area contributed by atoms with Gasteiger partial charge in [0, 0.05) is 5.70 Å². The fourth-order valence-corrected chi connectivity index (χ4v) is 0.557. The van der Waals surface area contributed by atoms with Gasteiger partial charge in [-0.25, -0.2) is 4.79 Å². The molecule has 5 nitrogen and oxygen atoms in total. The van der Waals surface area contributed by atoms with E-state index in [-0.39, 0.29) is 17.3 Å². The maximum absolute atomic E-state index is 10.4. The molecule has 0 atom stereocenters. The first-order chi connectivity index (χ1) is 5.00. The fourth-order valence-electron chi connectivity index (χ4n) is 0.557. The SMILES string of the molecule is CC(C)/C(N)=C(/NN)C(=O)O. The lowest BCUT2D eigenvalue weighted by molar-refractivity contribution is -0.133. The van der Waals surface area contributed by atoms with E-state index in [1.807, 2.05) is 5.43 Å². The highest BCUT2D eigenvalue weighted by molar-refractivity contribution is 5.86. The second kappa shape index (κ2) is 3.82. The molecule has 6 N–H and O–H groups in total. The number of rotatable bonds is 3. The molecule has 0 radical (unpaired) electrons. The van der Waals surface area contributed by atoms with Crippen LogP contribution < -0.4 is 17.0 Å². The zero-order chi connectivity index (χ0) is 9.02. The molecule has 0 saturated heterocycles. The molecular formula is C6H13N3O2. The highest BCUT2D eigenvalue weighted by atomic mass is 16.4. The van der Waals surface area contributed by atoms with E-state index in [1.165, 1.54) is 0 Å². The van der Waals surface area contributed by atoms with Crippen LogP contribution in [-0.4, -0.2) is 11.1 Å². The molecule has 11 heavy (non-hydrogen) atoms. The van der Waals surface area contributed by atoms with Crippen molar-refractivity contribution in [2.24, 2.45) is 17.5 Å². The third kappa shape index (κ3) is 2.46. The normalized spacial score (nSPS) is 12.7. The van der Waals surface area contributed by atoms with Crippen LogP contribution in [0.5, 0.6) is 0 Å². The molecule has 0 aromatic rings. The monoisotopic (exact) mass is 159 g/mol. The quantitative estimate of drug-likeness (QED) is 0.249. The summed E-state index contributed by atoms with van der Waals surface area (Å²) in [7, 11) is 0. The van der Waals surface area contributed by atoms with Crippen LogP contribution in [0.1, 0.15) is 13.8 Å². The number of hydrogen-bond donors (Lipinski definition) is 4. The van der Waals surface area contributed by atoms with Crippen molar-refractivity contribution in [3.63, 3.8) is 0 Å². The molecule has 0 rings (SSSR count). The van der Waals surface area contributed by atoms with E-state index in [4.69, 9.17) is 16.7 Å². The molecule has 64 valence electrons. The van der Waals surface area contributed by atoms with Gasteiger partial charge in [-0.1, -0.05) is 13.8 Å². The Morgan fingerprint density at radius 2 is 2.00 bits per heavy atom. The predicted molar refractivity (Wildman–Crippen MR) is 41.0 cm³/mol. The third-order valence-electron chi connectivity index (χ3n) is 1.27. The number of carbonyl (C=O) groups is 1. The summed E-state index contributed by atoms with van der Waals surface area (Å²) in [6, 6.07) is 0. The molecule has 0 unspecified atom stereocenters. The van der Waals surface area contributed by atoms with Crippen molar-refractivity contribution in [2.75, 3.05) is 0 Å². The Morgan fingerprint density at radius 1 is 1.55 bits per heavy atom. The van der Waals surface area contributed by atoms with E-state index in [9.17, 15) is 4.79 Å². The summed E-state index contributed by atoms with van der Waals surface area (Å²) in [5.74, 6) is 3.77. The lowest BCUT2D eigenvalue weighted by atomic mass is 10.1. The van der Waals surface area contributed by atoms with E-state index in [1.54, 1.807) is 13.8 Å². The van der Waals surface area contributed by atoms with E-state index in [0.29, 0.717) is 0 Å². The second-order valence-corrected chi connectivity index (χ2v) is 2.43. The number of hydrazine groups is 1.